The third-order valence-electron chi connectivity index (χ3n) is 8.11. The van der Waals surface area contributed by atoms with Crippen LogP contribution in [0.15, 0.2) is 75.5 Å². The number of carbonyl (C=O) groups excluding carboxylic acids is 2. The summed E-state index contributed by atoms with van der Waals surface area (Å²) in [5.41, 5.74) is 4.65. The average Bonchev–Trinajstić information content (AvgIpc) is 3.73. The largest absolute Gasteiger partial charge is 0.459 e. The Bertz CT molecular complexity index is 1390. The van der Waals surface area contributed by atoms with Gasteiger partial charge in [-0.15, -0.1) is 11.3 Å². The highest BCUT2D eigenvalue weighted by Crippen LogP contribution is 2.50. The number of fused-ring (bicyclic) bond motifs is 3. The first-order valence-corrected chi connectivity index (χ1v) is 14.1. The van der Waals surface area contributed by atoms with Crippen molar-refractivity contribution in [3.05, 3.63) is 93.1 Å². The van der Waals surface area contributed by atoms with Crippen molar-refractivity contribution in [2.24, 2.45) is 17.8 Å². The van der Waals surface area contributed by atoms with Gasteiger partial charge < -0.3 is 14.3 Å². The molecule has 6 rings (SSSR count). The zero-order chi connectivity index (χ0) is 26.2. The lowest BCUT2D eigenvalue weighted by molar-refractivity contribution is -0.140. The number of amides is 2. The van der Waals surface area contributed by atoms with Gasteiger partial charge >= 0.3 is 0 Å². The number of benzene rings is 1. The molecule has 7 heteroatoms. The summed E-state index contributed by atoms with van der Waals surface area (Å²) in [6.45, 7) is 2.82. The van der Waals surface area contributed by atoms with Crippen molar-refractivity contribution >= 4 is 34.8 Å². The highest BCUT2D eigenvalue weighted by Gasteiger charge is 2.56. The molecule has 0 unspecified atom stereocenters. The normalized spacial score (nSPS) is 25.3. The van der Waals surface area contributed by atoms with E-state index in [9.17, 15) is 14.7 Å². The Balaban J connectivity index is 1.21. The molecule has 1 aliphatic carbocycles. The van der Waals surface area contributed by atoms with Gasteiger partial charge in [0, 0.05) is 10.8 Å². The maximum atomic E-state index is 13.5. The number of likely N-dealkylation sites (tertiary alicyclic amines) is 1. The van der Waals surface area contributed by atoms with Crippen molar-refractivity contribution in [1.82, 2.24) is 4.90 Å². The van der Waals surface area contributed by atoms with Gasteiger partial charge in [0.15, 0.2) is 0 Å². The van der Waals surface area contributed by atoms with Crippen LogP contribution in [0.2, 0.25) is 0 Å². The standard InChI is InChI=1S/C31H31NO5S/c1-19-14-25-29(31(35)32(30(25)34)16-24-8-5-13-38-24)26-18-36-27(28(19)26)12-9-21(20-6-3-2-4-7-20)15-22-10-11-23(17-33)37-22/h2-8,10-11,13,15,25-27,29,33H,9,12,14,16-18H2,1H3/b21-15-/t25-,26+,27-,29-/m1/s1. The molecule has 0 radical (unpaired) electrons. The van der Waals surface area contributed by atoms with E-state index in [1.54, 1.807) is 17.4 Å². The zero-order valence-corrected chi connectivity index (χ0v) is 22.2. The molecule has 2 aromatic heterocycles. The molecule has 1 aromatic carbocycles. The fourth-order valence-corrected chi connectivity index (χ4v) is 7.07. The van der Waals surface area contributed by atoms with Gasteiger partial charge in [-0.2, -0.15) is 0 Å². The lowest BCUT2D eigenvalue weighted by Gasteiger charge is -2.30. The minimum absolute atomic E-state index is 0.0368. The number of ether oxygens (including phenoxy) is 1. The quantitative estimate of drug-likeness (QED) is 0.300. The third kappa shape index (κ3) is 4.59. The molecule has 196 valence electrons. The molecule has 3 aromatic rings. The minimum atomic E-state index is -0.324. The Hall–Kier alpha value is -3.26. The van der Waals surface area contributed by atoms with Gasteiger partial charge in [-0.3, -0.25) is 14.5 Å². The molecule has 4 heterocycles. The molecule has 1 N–H and O–H groups in total. The number of carbonyl (C=O) groups is 2. The monoisotopic (exact) mass is 529 g/mol. The lowest BCUT2D eigenvalue weighted by Crippen LogP contribution is -2.34. The van der Waals surface area contributed by atoms with Gasteiger partial charge in [0.05, 0.1) is 31.1 Å². The maximum absolute atomic E-state index is 13.5. The maximum Gasteiger partial charge on any atom is 0.234 e. The van der Waals surface area contributed by atoms with Crippen LogP contribution in [-0.2, 0) is 27.5 Å². The zero-order valence-electron chi connectivity index (χ0n) is 21.3. The fraction of sp³-hybridized carbons (Fsp3) is 0.355. The molecule has 4 atom stereocenters. The number of nitrogens with zero attached hydrogens (tertiary/aromatic N) is 1. The Morgan fingerprint density at radius 3 is 2.66 bits per heavy atom. The second-order valence-electron chi connectivity index (χ2n) is 10.4. The first kappa shape index (κ1) is 25.0. The molecule has 2 aliphatic heterocycles. The first-order chi connectivity index (χ1) is 18.5. The Morgan fingerprint density at radius 1 is 1.08 bits per heavy atom. The number of aliphatic hydroxyl groups excluding tert-OH is 1. The van der Waals surface area contributed by atoms with Gasteiger partial charge in [0.25, 0.3) is 0 Å². The van der Waals surface area contributed by atoms with Crippen molar-refractivity contribution in [3.8, 4) is 0 Å². The number of thiophene rings is 1. The van der Waals surface area contributed by atoms with Crippen LogP contribution >= 0.6 is 11.3 Å². The smallest absolute Gasteiger partial charge is 0.234 e. The number of imide groups is 1. The Labute approximate surface area is 226 Å². The number of furan rings is 1. The second-order valence-corrected chi connectivity index (χ2v) is 11.4. The highest BCUT2D eigenvalue weighted by atomic mass is 32.1. The summed E-state index contributed by atoms with van der Waals surface area (Å²) in [5.74, 6) is 0.514. The van der Waals surface area contributed by atoms with E-state index in [1.165, 1.54) is 16.0 Å². The molecule has 0 saturated carbocycles. The average molecular weight is 530 g/mol. The molecule has 2 amide bonds. The van der Waals surface area contributed by atoms with Gasteiger partial charge in [0.1, 0.15) is 18.1 Å². The van der Waals surface area contributed by atoms with E-state index in [1.807, 2.05) is 47.9 Å². The number of rotatable bonds is 8. The van der Waals surface area contributed by atoms with Crippen molar-refractivity contribution in [1.29, 1.82) is 0 Å². The van der Waals surface area contributed by atoms with Gasteiger partial charge in [0.2, 0.25) is 11.8 Å². The fourth-order valence-electron chi connectivity index (χ4n) is 6.38. The van der Waals surface area contributed by atoms with Crippen LogP contribution < -0.4 is 0 Å². The van der Waals surface area contributed by atoms with Crippen LogP contribution in [0.3, 0.4) is 0 Å². The van der Waals surface area contributed by atoms with Gasteiger partial charge in [-0.1, -0.05) is 42.0 Å². The molecule has 2 fully saturated rings. The molecule has 6 nitrogen and oxygen atoms in total. The lowest BCUT2D eigenvalue weighted by atomic mass is 9.70. The summed E-state index contributed by atoms with van der Waals surface area (Å²) in [4.78, 5) is 29.3. The van der Waals surface area contributed by atoms with E-state index in [4.69, 9.17) is 9.15 Å². The predicted molar refractivity (Wildman–Crippen MR) is 146 cm³/mol. The summed E-state index contributed by atoms with van der Waals surface area (Å²) in [6.07, 6.45) is 4.11. The summed E-state index contributed by atoms with van der Waals surface area (Å²) in [5, 5.41) is 11.4. The van der Waals surface area contributed by atoms with E-state index in [0.717, 1.165) is 28.9 Å². The second kappa shape index (κ2) is 10.5. The molecule has 2 saturated heterocycles. The predicted octanol–water partition coefficient (Wildman–Crippen LogP) is 5.69. The summed E-state index contributed by atoms with van der Waals surface area (Å²) in [7, 11) is 0. The first-order valence-electron chi connectivity index (χ1n) is 13.2. The Kier molecular flexibility index (Phi) is 6.91. The topological polar surface area (TPSA) is 80.0 Å². The molecule has 0 spiro atoms. The molecular formula is C31H31NO5S. The third-order valence-corrected chi connectivity index (χ3v) is 8.97. The van der Waals surface area contributed by atoms with Crippen LogP contribution in [0.4, 0.5) is 0 Å². The Morgan fingerprint density at radius 2 is 1.92 bits per heavy atom. The molecule has 3 aliphatic rings. The number of hydrogen-bond acceptors (Lipinski definition) is 6. The number of allylic oxidation sites excluding steroid dienone is 2. The van der Waals surface area contributed by atoms with Crippen molar-refractivity contribution in [2.45, 2.75) is 45.4 Å². The van der Waals surface area contributed by atoms with Gasteiger partial charge in [-0.05, 0) is 72.6 Å². The molecule has 38 heavy (non-hydrogen) atoms. The van der Waals surface area contributed by atoms with E-state index < -0.39 is 0 Å². The van der Waals surface area contributed by atoms with Crippen LogP contribution in [0.25, 0.3) is 11.6 Å². The molecule has 0 bridgehead atoms. The van der Waals surface area contributed by atoms with E-state index in [0.29, 0.717) is 31.1 Å². The van der Waals surface area contributed by atoms with Crippen LogP contribution in [0.5, 0.6) is 0 Å². The van der Waals surface area contributed by atoms with Crippen molar-refractivity contribution in [2.75, 3.05) is 6.61 Å². The van der Waals surface area contributed by atoms with Crippen molar-refractivity contribution in [3.63, 3.8) is 0 Å². The summed E-state index contributed by atoms with van der Waals surface area (Å²) in [6, 6.07) is 17.8. The van der Waals surface area contributed by atoms with E-state index >= 15 is 0 Å². The summed E-state index contributed by atoms with van der Waals surface area (Å²) < 4.78 is 12.1. The SMILES string of the molecule is CC1=C2[C@@H](CC/C(=C/c3ccc(CO)o3)c3ccccc3)OC[C@@H]2[C@@H]2C(=O)N(Cc3cccs3)C(=O)[C@@H]2C1. The summed E-state index contributed by atoms with van der Waals surface area (Å²) >= 11 is 1.57. The van der Waals surface area contributed by atoms with Gasteiger partial charge in [-0.25, -0.2) is 0 Å². The van der Waals surface area contributed by atoms with E-state index in [2.05, 4.69) is 19.1 Å². The number of aliphatic hydroxyl groups is 1. The number of hydrogen-bond donors (Lipinski definition) is 1. The highest BCUT2D eigenvalue weighted by molar-refractivity contribution is 7.09. The van der Waals surface area contributed by atoms with Crippen LogP contribution in [0.1, 0.15) is 48.1 Å². The van der Waals surface area contributed by atoms with Crippen LogP contribution in [-0.4, -0.2) is 34.5 Å². The molecular weight excluding hydrogens is 498 g/mol. The van der Waals surface area contributed by atoms with Crippen molar-refractivity contribution < 1.29 is 23.8 Å². The van der Waals surface area contributed by atoms with Crippen LogP contribution in [0, 0.1) is 17.8 Å². The minimum Gasteiger partial charge on any atom is -0.459 e. The van der Waals surface area contributed by atoms with E-state index in [-0.39, 0.29) is 42.3 Å².